The van der Waals surface area contributed by atoms with Crippen LogP contribution in [0.5, 0.6) is 5.75 Å². The Balaban J connectivity index is 1.33. The van der Waals surface area contributed by atoms with Crippen LogP contribution in [-0.4, -0.2) is 47.9 Å². The van der Waals surface area contributed by atoms with E-state index in [0.29, 0.717) is 54.1 Å². The number of nitriles is 1. The number of ether oxygens (including phenoxy) is 1. The smallest absolute Gasteiger partial charge is 0.253 e. The van der Waals surface area contributed by atoms with Crippen LogP contribution in [0.15, 0.2) is 66.9 Å². The monoisotopic (exact) mass is 440 g/mol. The number of methoxy groups -OCH3 is 1. The Labute approximate surface area is 192 Å². The van der Waals surface area contributed by atoms with Crippen LogP contribution in [0.4, 0.5) is 0 Å². The number of carbonyl (C=O) groups excluding carboxylic acids is 2. The first-order chi connectivity index (χ1) is 16.1. The maximum atomic E-state index is 12.9. The van der Waals surface area contributed by atoms with Gasteiger partial charge in [0.1, 0.15) is 11.8 Å². The average molecular weight is 441 g/mol. The molecule has 0 atom stereocenters. The molecule has 1 aliphatic heterocycles. The summed E-state index contributed by atoms with van der Waals surface area (Å²) in [7, 11) is 1.59. The van der Waals surface area contributed by atoms with Crippen LogP contribution in [0.25, 0.3) is 11.3 Å². The molecule has 1 aromatic heterocycles. The lowest BCUT2D eigenvalue weighted by Gasteiger charge is -2.32. The maximum Gasteiger partial charge on any atom is 0.253 e. The highest BCUT2D eigenvalue weighted by Gasteiger charge is 2.25. The number of hydrogen-bond donors (Lipinski definition) is 1. The number of pyridine rings is 1. The fraction of sp³-hybridized carbons (Fsp3) is 0.231. The molecule has 0 spiro atoms. The SMILES string of the molecule is COc1ccc(C(=O)NC2CCN(C(=O)c3ccc(-c4ncccc4C#N)cc3)CC2)cc1. The molecule has 1 N–H and O–H groups in total. The molecule has 0 saturated carbocycles. The fourth-order valence-electron chi connectivity index (χ4n) is 3.92. The van der Waals surface area contributed by atoms with Gasteiger partial charge in [0.25, 0.3) is 11.8 Å². The molecule has 166 valence electrons. The van der Waals surface area contributed by atoms with E-state index in [1.54, 1.807) is 61.8 Å². The molecule has 4 rings (SSSR count). The number of amides is 2. The summed E-state index contributed by atoms with van der Waals surface area (Å²) in [5.41, 5.74) is 3.07. The topological polar surface area (TPSA) is 95.3 Å². The zero-order chi connectivity index (χ0) is 23.2. The first kappa shape index (κ1) is 22.0. The summed E-state index contributed by atoms with van der Waals surface area (Å²) >= 11 is 0. The lowest BCUT2D eigenvalue weighted by molar-refractivity contribution is 0.0698. The summed E-state index contributed by atoms with van der Waals surface area (Å²) in [5, 5.41) is 12.3. The molecule has 1 fully saturated rings. The van der Waals surface area contributed by atoms with Gasteiger partial charge in [-0.1, -0.05) is 12.1 Å². The van der Waals surface area contributed by atoms with Crippen molar-refractivity contribution in [1.82, 2.24) is 15.2 Å². The van der Waals surface area contributed by atoms with Crippen molar-refractivity contribution in [3.63, 3.8) is 0 Å². The summed E-state index contributed by atoms with van der Waals surface area (Å²) in [6.45, 7) is 1.15. The minimum Gasteiger partial charge on any atom is -0.497 e. The highest BCUT2D eigenvalue weighted by molar-refractivity contribution is 5.95. The number of carbonyl (C=O) groups is 2. The Morgan fingerprint density at radius 3 is 2.33 bits per heavy atom. The van der Waals surface area contributed by atoms with E-state index in [0.717, 1.165) is 5.56 Å². The molecule has 0 aliphatic carbocycles. The normalized spacial score (nSPS) is 13.8. The van der Waals surface area contributed by atoms with E-state index in [1.165, 1.54) is 0 Å². The minimum atomic E-state index is -0.121. The molecule has 1 aliphatic rings. The number of benzene rings is 2. The van der Waals surface area contributed by atoms with Gasteiger partial charge in [0.15, 0.2) is 0 Å². The van der Waals surface area contributed by atoms with Gasteiger partial charge >= 0.3 is 0 Å². The molecule has 33 heavy (non-hydrogen) atoms. The molecule has 0 bridgehead atoms. The number of nitrogens with one attached hydrogen (secondary N) is 1. The van der Waals surface area contributed by atoms with Gasteiger partial charge in [-0.05, 0) is 61.4 Å². The first-order valence-electron chi connectivity index (χ1n) is 10.8. The second-order valence-corrected chi connectivity index (χ2v) is 7.86. The van der Waals surface area contributed by atoms with E-state index >= 15 is 0 Å². The lowest BCUT2D eigenvalue weighted by atomic mass is 10.0. The Bertz CT molecular complexity index is 1180. The van der Waals surface area contributed by atoms with E-state index in [4.69, 9.17) is 4.74 Å². The van der Waals surface area contributed by atoms with E-state index in [-0.39, 0.29) is 17.9 Å². The predicted molar refractivity (Wildman–Crippen MR) is 124 cm³/mol. The maximum absolute atomic E-state index is 12.9. The van der Waals surface area contributed by atoms with Gasteiger partial charge in [-0.2, -0.15) is 5.26 Å². The predicted octanol–water partition coefficient (Wildman–Crippen LogP) is 3.66. The number of nitrogens with zero attached hydrogens (tertiary/aromatic N) is 3. The van der Waals surface area contributed by atoms with Crippen molar-refractivity contribution in [1.29, 1.82) is 5.26 Å². The molecule has 7 nitrogen and oxygen atoms in total. The average Bonchev–Trinajstić information content (AvgIpc) is 2.89. The van der Waals surface area contributed by atoms with E-state index in [1.807, 2.05) is 17.0 Å². The Hall–Kier alpha value is -4.18. The second-order valence-electron chi connectivity index (χ2n) is 7.86. The molecule has 2 heterocycles. The van der Waals surface area contributed by atoms with Crippen LogP contribution in [0.1, 0.15) is 39.1 Å². The van der Waals surface area contributed by atoms with Crippen LogP contribution in [0, 0.1) is 11.3 Å². The van der Waals surface area contributed by atoms with Gasteiger partial charge in [0.2, 0.25) is 0 Å². The number of aromatic nitrogens is 1. The van der Waals surface area contributed by atoms with E-state index in [2.05, 4.69) is 16.4 Å². The van der Waals surface area contributed by atoms with Crippen molar-refractivity contribution < 1.29 is 14.3 Å². The number of hydrogen-bond acceptors (Lipinski definition) is 5. The van der Waals surface area contributed by atoms with Gasteiger partial charge < -0.3 is 15.0 Å². The third-order valence-corrected chi connectivity index (χ3v) is 5.80. The van der Waals surface area contributed by atoms with Gasteiger partial charge in [-0.25, -0.2) is 0 Å². The highest BCUT2D eigenvalue weighted by Crippen LogP contribution is 2.22. The van der Waals surface area contributed by atoms with Gasteiger partial charge in [0.05, 0.1) is 18.4 Å². The van der Waals surface area contributed by atoms with Crippen molar-refractivity contribution in [2.24, 2.45) is 0 Å². The molecule has 2 aromatic carbocycles. The standard InChI is InChI=1S/C26H24N4O3/c1-33-23-10-8-19(9-11-23)25(31)29-22-12-15-30(16-13-22)26(32)20-6-4-18(5-7-20)24-21(17-27)3-2-14-28-24/h2-11,14,22H,12-13,15-16H2,1H3,(H,29,31). The third-order valence-electron chi connectivity index (χ3n) is 5.80. The Morgan fingerprint density at radius 2 is 1.70 bits per heavy atom. The van der Waals surface area contributed by atoms with Crippen molar-refractivity contribution in [3.05, 3.63) is 83.6 Å². The van der Waals surface area contributed by atoms with Crippen LogP contribution >= 0.6 is 0 Å². The molecule has 0 radical (unpaired) electrons. The van der Waals surface area contributed by atoms with Gasteiger partial charge in [0, 0.05) is 42.0 Å². The summed E-state index contributed by atoms with van der Waals surface area (Å²) in [6, 6.07) is 19.8. The highest BCUT2D eigenvalue weighted by atomic mass is 16.5. The van der Waals surface area contributed by atoms with Crippen LogP contribution in [-0.2, 0) is 0 Å². The zero-order valence-corrected chi connectivity index (χ0v) is 18.3. The minimum absolute atomic E-state index is 0.0274. The molecular formula is C26H24N4O3. The van der Waals surface area contributed by atoms with Crippen molar-refractivity contribution in [3.8, 4) is 23.1 Å². The Morgan fingerprint density at radius 1 is 1.03 bits per heavy atom. The molecule has 2 amide bonds. The third kappa shape index (κ3) is 5.01. The number of piperidine rings is 1. The van der Waals surface area contributed by atoms with Crippen LogP contribution < -0.4 is 10.1 Å². The van der Waals surface area contributed by atoms with Crippen molar-refractivity contribution >= 4 is 11.8 Å². The van der Waals surface area contributed by atoms with Crippen molar-refractivity contribution in [2.75, 3.05) is 20.2 Å². The summed E-state index contributed by atoms with van der Waals surface area (Å²) in [4.78, 5) is 31.5. The number of likely N-dealkylation sites (tertiary alicyclic amines) is 1. The van der Waals surface area contributed by atoms with Crippen LogP contribution in [0.3, 0.4) is 0 Å². The Kier molecular flexibility index (Phi) is 6.65. The summed E-state index contributed by atoms with van der Waals surface area (Å²) < 4.78 is 5.12. The van der Waals surface area contributed by atoms with Gasteiger partial charge in [-0.15, -0.1) is 0 Å². The molecule has 7 heteroatoms. The summed E-state index contributed by atoms with van der Waals surface area (Å²) in [5.74, 6) is 0.546. The molecule has 0 unspecified atom stereocenters. The van der Waals surface area contributed by atoms with Crippen molar-refractivity contribution in [2.45, 2.75) is 18.9 Å². The van der Waals surface area contributed by atoms with Gasteiger partial charge in [-0.3, -0.25) is 14.6 Å². The molecule has 3 aromatic rings. The fourth-order valence-corrected chi connectivity index (χ4v) is 3.92. The first-order valence-corrected chi connectivity index (χ1v) is 10.8. The summed E-state index contributed by atoms with van der Waals surface area (Å²) in [6.07, 6.45) is 3.04. The number of rotatable bonds is 5. The largest absolute Gasteiger partial charge is 0.497 e. The van der Waals surface area contributed by atoms with E-state index < -0.39 is 0 Å². The molecule has 1 saturated heterocycles. The molecular weight excluding hydrogens is 416 g/mol. The quantitative estimate of drug-likeness (QED) is 0.653. The van der Waals surface area contributed by atoms with Crippen LogP contribution in [0.2, 0.25) is 0 Å². The second kappa shape index (κ2) is 9.96. The van der Waals surface area contributed by atoms with E-state index in [9.17, 15) is 14.9 Å². The zero-order valence-electron chi connectivity index (χ0n) is 18.3. The lowest BCUT2D eigenvalue weighted by Crippen LogP contribution is -2.46.